The van der Waals surface area contributed by atoms with Crippen LogP contribution in [0.5, 0.6) is 0 Å². The number of hydrogen-bond donors (Lipinski definition) is 3. The van der Waals surface area contributed by atoms with Crippen LogP contribution in [0.15, 0.2) is 29.5 Å². The van der Waals surface area contributed by atoms with Gasteiger partial charge in [-0.2, -0.15) is 0 Å². The van der Waals surface area contributed by atoms with Crippen LogP contribution in [-0.4, -0.2) is 43.0 Å². The Labute approximate surface area is 157 Å². The van der Waals surface area contributed by atoms with Crippen molar-refractivity contribution < 1.29 is 4.79 Å². The minimum Gasteiger partial charge on any atom is -0.357 e. The number of amides is 1. The monoisotopic (exact) mass is 359 g/mol. The van der Waals surface area contributed by atoms with Crippen molar-refractivity contribution in [3.8, 4) is 0 Å². The largest absolute Gasteiger partial charge is 0.357 e. The summed E-state index contributed by atoms with van der Waals surface area (Å²) in [5, 5.41) is 9.50. The van der Waals surface area contributed by atoms with E-state index in [1.807, 2.05) is 0 Å². The van der Waals surface area contributed by atoms with Crippen LogP contribution < -0.4 is 16.0 Å². The first-order chi connectivity index (χ1) is 12.5. The molecule has 6 heteroatoms. The fourth-order valence-corrected chi connectivity index (χ4v) is 3.51. The van der Waals surface area contributed by atoms with Gasteiger partial charge in [0.2, 0.25) is 0 Å². The Kier molecular flexibility index (Phi) is 7.88. The van der Waals surface area contributed by atoms with Crippen molar-refractivity contribution in [3.05, 3.63) is 30.1 Å². The standard InChI is InChI=1S/C20H33N5O/c1-4-22-19(25-15-20(8-6-9-20)13-16(2)3)24-12-11-23-18(26)17-7-5-10-21-14-17/h5,7,10,14,16H,4,6,8-9,11-13,15H2,1-3H3,(H,23,26)(H2,22,24,25). The van der Waals surface area contributed by atoms with Crippen LogP contribution in [-0.2, 0) is 0 Å². The second-order valence-electron chi connectivity index (χ2n) is 7.57. The van der Waals surface area contributed by atoms with Crippen molar-refractivity contribution in [1.82, 2.24) is 20.9 Å². The highest BCUT2D eigenvalue weighted by atomic mass is 16.1. The number of pyridine rings is 1. The van der Waals surface area contributed by atoms with Crippen LogP contribution in [0.25, 0.3) is 0 Å². The number of aliphatic imine (C=N–C) groups is 1. The van der Waals surface area contributed by atoms with Crippen molar-refractivity contribution in [2.24, 2.45) is 16.3 Å². The molecule has 1 amide bonds. The van der Waals surface area contributed by atoms with Gasteiger partial charge in [0.25, 0.3) is 5.91 Å². The Balaban J connectivity index is 1.77. The maximum Gasteiger partial charge on any atom is 0.252 e. The third-order valence-electron chi connectivity index (χ3n) is 4.80. The average molecular weight is 360 g/mol. The molecule has 0 atom stereocenters. The van der Waals surface area contributed by atoms with Gasteiger partial charge in [-0.05, 0) is 49.7 Å². The fourth-order valence-electron chi connectivity index (χ4n) is 3.51. The van der Waals surface area contributed by atoms with Crippen molar-refractivity contribution in [2.45, 2.75) is 46.5 Å². The lowest BCUT2D eigenvalue weighted by molar-refractivity contribution is 0.0954. The summed E-state index contributed by atoms with van der Waals surface area (Å²) in [5.74, 6) is 1.44. The molecule has 0 spiro atoms. The molecule has 0 saturated heterocycles. The van der Waals surface area contributed by atoms with Gasteiger partial charge in [0.15, 0.2) is 5.96 Å². The van der Waals surface area contributed by atoms with E-state index in [1.165, 1.54) is 25.7 Å². The predicted octanol–water partition coefficient (Wildman–Crippen LogP) is 2.58. The molecule has 0 bridgehead atoms. The van der Waals surface area contributed by atoms with Gasteiger partial charge in [0.05, 0.1) is 5.56 Å². The highest BCUT2D eigenvalue weighted by Crippen LogP contribution is 2.46. The van der Waals surface area contributed by atoms with E-state index in [2.05, 4.69) is 41.7 Å². The summed E-state index contributed by atoms with van der Waals surface area (Å²) < 4.78 is 0. The van der Waals surface area contributed by atoms with E-state index in [0.29, 0.717) is 30.0 Å². The van der Waals surface area contributed by atoms with Crippen molar-refractivity contribution in [3.63, 3.8) is 0 Å². The minimum atomic E-state index is -0.104. The lowest BCUT2D eigenvalue weighted by atomic mass is 9.64. The Morgan fingerprint density at radius 1 is 1.27 bits per heavy atom. The Bertz CT molecular complexity index is 581. The molecule has 2 rings (SSSR count). The van der Waals surface area contributed by atoms with Crippen LogP contribution >= 0.6 is 0 Å². The lowest BCUT2D eigenvalue weighted by Crippen LogP contribution is -2.43. The highest BCUT2D eigenvalue weighted by molar-refractivity contribution is 5.93. The summed E-state index contributed by atoms with van der Waals surface area (Å²) in [6, 6.07) is 3.52. The molecule has 0 unspecified atom stereocenters. The maximum atomic E-state index is 12.0. The summed E-state index contributed by atoms with van der Waals surface area (Å²) in [7, 11) is 0. The van der Waals surface area contributed by atoms with Gasteiger partial charge >= 0.3 is 0 Å². The van der Waals surface area contributed by atoms with Crippen LogP contribution in [0.2, 0.25) is 0 Å². The molecule has 1 fully saturated rings. The Morgan fingerprint density at radius 2 is 2.04 bits per heavy atom. The summed E-state index contributed by atoms with van der Waals surface area (Å²) in [6.45, 7) is 9.52. The quantitative estimate of drug-likeness (QED) is 0.360. The van der Waals surface area contributed by atoms with E-state index >= 15 is 0 Å². The molecule has 3 N–H and O–H groups in total. The van der Waals surface area contributed by atoms with Gasteiger partial charge in [0, 0.05) is 38.6 Å². The lowest BCUT2D eigenvalue weighted by Gasteiger charge is -2.42. The summed E-state index contributed by atoms with van der Waals surface area (Å²) >= 11 is 0. The minimum absolute atomic E-state index is 0.104. The van der Waals surface area contributed by atoms with Crippen molar-refractivity contribution >= 4 is 11.9 Å². The molecule has 6 nitrogen and oxygen atoms in total. The molecule has 144 valence electrons. The summed E-state index contributed by atoms with van der Waals surface area (Å²) in [5.41, 5.74) is 0.971. The predicted molar refractivity (Wildman–Crippen MR) is 106 cm³/mol. The first-order valence-corrected chi connectivity index (χ1v) is 9.75. The number of nitrogens with one attached hydrogen (secondary N) is 3. The summed E-state index contributed by atoms with van der Waals surface area (Å²) in [6.07, 6.45) is 8.38. The number of carbonyl (C=O) groups excluding carboxylic acids is 1. The number of hydrogen-bond acceptors (Lipinski definition) is 3. The zero-order valence-electron chi connectivity index (χ0n) is 16.3. The van der Waals surface area contributed by atoms with E-state index in [9.17, 15) is 4.79 Å². The molecule has 26 heavy (non-hydrogen) atoms. The Morgan fingerprint density at radius 3 is 2.62 bits per heavy atom. The Hall–Kier alpha value is -2.11. The third kappa shape index (κ3) is 6.32. The van der Waals surface area contributed by atoms with E-state index in [-0.39, 0.29) is 5.91 Å². The van der Waals surface area contributed by atoms with Gasteiger partial charge in [0.1, 0.15) is 0 Å². The number of nitrogens with zero attached hydrogens (tertiary/aromatic N) is 2. The van der Waals surface area contributed by atoms with Crippen molar-refractivity contribution in [2.75, 3.05) is 26.2 Å². The van der Waals surface area contributed by atoms with E-state index in [4.69, 9.17) is 4.99 Å². The smallest absolute Gasteiger partial charge is 0.252 e. The van der Waals surface area contributed by atoms with Gasteiger partial charge in [-0.3, -0.25) is 14.8 Å². The number of carbonyl (C=O) groups is 1. The second-order valence-corrected chi connectivity index (χ2v) is 7.57. The molecule has 1 aliphatic carbocycles. The number of rotatable bonds is 9. The van der Waals surface area contributed by atoms with E-state index in [0.717, 1.165) is 19.0 Å². The second kappa shape index (κ2) is 10.1. The normalized spacial score (nSPS) is 16.1. The molecule has 1 aromatic heterocycles. The first-order valence-electron chi connectivity index (χ1n) is 9.75. The highest BCUT2D eigenvalue weighted by Gasteiger charge is 2.37. The van der Waals surface area contributed by atoms with Crippen LogP contribution in [0.3, 0.4) is 0 Å². The molecule has 1 heterocycles. The molecular formula is C20H33N5O. The first kappa shape index (κ1) is 20.2. The maximum absolute atomic E-state index is 12.0. The van der Waals surface area contributed by atoms with E-state index < -0.39 is 0 Å². The summed E-state index contributed by atoms with van der Waals surface area (Å²) in [4.78, 5) is 20.8. The fraction of sp³-hybridized carbons (Fsp3) is 0.650. The zero-order chi connectivity index (χ0) is 18.8. The average Bonchev–Trinajstić information content (AvgIpc) is 2.60. The zero-order valence-corrected chi connectivity index (χ0v) is 16.3. The topological polar surface area (TPSA) is 78.4 Å². The van der Waals surface area contributed by atoms with Crippen molar-refractivity contribution in [1.29, 1.82) is 0 Å². The molecule has 0 aliphatic heterocycles. The van der Waals surface area contributed by atoms with Crippen LogP contribution in [0.1, 0.15) is 56.8 Å². The van der Waals surface area contributed by atoms with Gasteiger partial charge in [-0.1, -0.05) is 20.3 Å². The molecule has 1 aromatic rings. The third-order valence-corrected chi connectivity index (χ3v) is 4.80. The SMILES string of the molecule is CCNC(=NCC1(CC(C)C)CCC1)NCCNC(=O)c1cccnc1. The van der Waals surface area contributed by atoms with Gasteiger partial charge < -0.3 is 16.0 Å². The van der Waals surface area contributed by atoms with Crippen LogP contribution in [0.4, 0.5) is 0 Å². The molecule has 0 radical (unpaired) electrons. The van der Waals surface area contributed by atoms with E-state index in [1.54, 1.807) is 24.5 Å². The number of guanidine groups is 1. The number of aromatic nitrogens is 1. The van der Waals surface area contributed by atoms with Gasteiger partial charge in [-0.25, -0.2) is 0 Å². The molecule has 1 saturated carbocycles. The van der Waals surface area contributed by atoms with Gasteiger partial charge in [-0.15, -0.1) is 0 Å². The molecule has 0 aromatic carbocycles. The molecular weight excluding hydrogens is 326 g/mol. The molecule has 1 aliphatic rings. The van der Waals surface area contributed by atoms with Crippen LogP contribution in [0, 0.1) is 11.3 Å².